The van der Waals surface area contributed by atoms with Crippen LogP contribution in [0.1, 0.15) is 58.4 Å². The number of hydrogen-bond acceptors (Lipinski definition) is 1. The van der Waals surface area contributed by atoms with E-state index in [9.17, 15) is 26.3 Å². The molecule has 0 saturated heterocycles. The Kier molecular flexibility index (Phi) is 7.26. The fraction of sp³-hybridized carbons (Fsp3) is 0.163. The Morgan fingerprint density at radius 2 is 1.12 bits per heavy atom. The number of rotatable bonds is 5. The summed E-state index contributed by atoms with van der Waals surface area (Å²) in [6, 6.07) is 34.9. The van der Waals surface area contributed by atoms with Crippen molar-refractivity contribution in [2.24, 2.45) is 0 Å². The molecule has 0 atom stereocenters. The van der Waals surface area contributed by atoms with Crippen LogP contribution in [0.4, 0.5) is 26.3 Å². The summed E-state index contributed by atoms with van der Waals surface area (Å²) in [7, 11) is 0. The third kappa shape index (κ3) is 5.45. The maximum Gasteiger partial charge on any atom is 0.416 e. The fourth-order valence-corrected chi connectivity index (χ4v) is 7.57. The molecule has 1 aromatic heterocycles. The lowest BCUT2D eigenvalue weighted by Gasteiger charge is -2.22. The second kappa shape index (κ2) is 11.4. The van der Waals surface area contributed by atoms with Crippen LogP contribution in [-0.4, -0.2) is 0 Å². The van der Waals surface area contributed by atoms with Crippen molar-refractivity contribution in [2.75, 3.05) is 0 Å². The van der Waals surface area contributed by atoms with Gasteiger partial charge in [-0.1, -0.05) is 98.8 Å². The summed E-state index contributed by atoms with van der Waals surface area (Å²) < 4.78 is 86.2. The zero-order chi connectivity index (χ0) is 35.0. The maximum absolute atomic E-state index is 13.3. The lowest BCUT2D eigenvalue weighted by atomic mass is 9.81. The van der Waals surface area contributed by atoms with Gasteiger partial charge in [0.25, 0.3) is 0 Å². The monoisotopic (exact) mass is 676 g/mol. The van der Waals surface area contributed by atoms with Gasteiger partial charge < -0.3 is 4.42 Å². The zero-order valence-corrected chi connectivity index (χ0v) is 27.1. The predicted octanol–water partition coefficient (Wildman–Crippen LogP) is 12.8. The summed E-state index contributed by atoms with van der Waals surface area (Å²) in [5, 5.41) is 2.11. The van der Waals surface area contributed by atoms with Crippen molar-refractivity contribution in [3.05, 3.63) is 166 Å². The van der Waals surface area contributed by atoms with Crippen LogP contribution in [-0.2, 0) is 30.6 Å². The third-order valence-corrected chi connectivity index (χ3v) is 9.92. The second-order valence-corrected chi connectivity index (χ2v) is 13.6. The van der Waals surface area contributed by atoms with Crippen molar-refractivity contribution in [2.45, 2.75) is 44.5 Å². The van der Waals surface area contributed by atoms with Gasteiger partial charge in [0.15, 0.2) is 0 Å². The molecular weight excluding hydrogens is 646 g/mol. The van der Waals surface area contributed by atoms with Gasteiger partial charge in [0, 0.05) is 21.8 Å². The topological polar surface area (TPSA) is 13.1 Å². The first-order valence-electron chi connectivity index (χ1n) is 16.3. The second-order valence-electron chi connectivity index (χ2n) is 13.6. The van der Waals surface area contributed by atoms with Gasteiger partial charge in [-0.05, 0) is 99.3 Å². The van der Waals surface area contributed by atoms with E-state index in [4.69, 9.17) is 4.42 Å². The molecule has 7 aromatic rings. The molecule has 8 rings (SSSR count). The van der Waals surface area contributed by atoms with E-state index in [0.717, 1.165) is 90.7 Å². The van der Waals surface area contributed by atoms with Gasteiger partial charge in [0.05, 0.1) is 11.1 Å². The van der Waals surface area contributed by atoms with E-state index in [1.807, 2.05) is 30.3 Å². The summed E-state index contributed by atoms with van der Waals surface area (Å²) >= 11 is 0. The number of halogens is 6. The summed E-state index contributed by atoms with van der Waals surface area (Å²) in [6.45, 7) is 4.40. The number of hydrogen-bond donors (Lipinski definition) is 0. The molecule has 0 fully saturated rings. The SMILES string of the molecule is CC1(C)c2cccc(-c3cc(Cc4ccc(C(F)(F)F)cc4)cc(Cc4ccc(C(F)(F)F)cc4)c3)c2-c2ccc3c(oc4ccccc43)c21. The molecule has 0 spiro atoms. The Bertz CT molecular complexity index is 2330. The van der Waals surface area contributed by atoms with Crippen molar-refractivity contribution in [1.29, 1.82) is 0 Å². The Morgan fingerprint density at radius 1 is 0.540 bits per heavy atom. The first kappa shape index (κ1) is 31.9. The molecule has 6 aromatic carbocycles. The molecule has 0 bridgehead atoms. The van der Waals surface area contributed by atoms with E-state index >= 15 is 0 Å². The molecule has 1 aliphatic rings. The molecule has 250 valence electrons. The molecule has 1 heterocycles. The van der Waals surface area contributed by atoms with Gasteiger partial charge in [0.1, 0.15) is 11.2 Å². The molecule has 0 unspecified atom stereocenters. The van der Waals surface area contributed by atoms with Crippen molar-refractivity contribution in [3.8, 4) is 22.3 Å². The largest absolute Gasteiger partial charge is 0.456 e. The summed E-state index contributed by atoms with van der Waals surface area (Å²) in [5.41, 5.74) is 9.40. The highest BCUT2D eigenvalue weighted by atomic mass is 19.4. The molecule has 0 radical (unpaired) electrons. The van der Waals surface area contributed by atoms with Crippen molar-refractivity contribution >= 4 is 21.9 Å². The Balaban J connectivity index is 1.26. The van der Waals surface area contributed by atoms with E-state index in [1.54, 1.807) is 0 Å². The molecule has 1 nitrogen and oxygen atoms in total. The maximum atomic E-state index is 13.3. The minimum absolute atomic E-state index is 0.378. The molecule has 1 aliphatic carbocycles. The van der Waals surface area contributed by atoms with Gasteiger partial charge in [-0.3, -0.25) is 0 Å². The minimum atomic E-state index is -4.43. The summed E-state index contributed by atoms with van der Waals surface area (Å²) in [6.07, 6.45) is -8.11. The van der Waals surface area contributed by atoms with Crippen LogP contribution in [0.25, 0.3) is 44.2 Å². The van der Waals surface area contributed by atoms with Crippen molar-refractivity contribution < 1.29 is 30.8 Å². The normalized spacial score (nSPS) is 13.9. The average molecular weight is 677 g/mol. The van der Waals surface area contributed by atoms with Crippen LogP contribution < -0.4 is 0 Å². The Labute approximate surface area is 284 Å². The van der Waals surface area contributed by atoms with E-state index in [-0.39, 0.29) is 5.41 Å². The average Bonchev–Trinajstić information content (AvgIpc) is 3.56. The lowest BCUT2D eigenvalue weighted by molar-refractivity contribution is -0.138. The van der Waals surface area contributed by atoms with Gasteiger partial charge in [0.2, 0.25) is 0 Å². The third-order valence-electron chi connectivity index (χ3n) is 9.92. The van der Waals surface area contributed by atoms with Crippen LogP contribution in [0.2, 0.25) is 0 Å². The van der Waals surface area contributed by atoms with Gasteiger partial charge in [-0.2, -0.15) is 26.3 Å². The Hall–Kier alpha value is -5.30. The number of para-hydroxylation sites is 1. The number of alkyl halides is 6. The molecule has 0 aliphatic heterocycles. The quantitative estimate of drug-likeness (QED) is 0.165. The summed E-state index contributed by atoms with van der Waals surface area (Å²) in [5.74, 6) is 0. The molecule has 7 heteroatoms. The highest BCUT2D eigenvalue weighted by Gasteiger charge is 2.40. The van der Waals surface area contributed by atoms with Gasteiger partial charge in [-0.25, -0.2) is 0 Å². The van der Waals surface area contributed by atoms with Crippen LogP contribution in [0, 0.1) is 0 Å². The van der Waals surface area contributed by atoms with Crippen molar-refractivity contribution in [1.82, 2.24) is 0 Å². The van der Waals surface area contributed by atoms with E-state index in [2.05, 4.69) is 56.3 Å². The van der Waals surface area contributed by atoms with Gasteiger partial charge >= 0.3 is 12.4 Å². The molecule has 50 heavy (non-hydrogen) atoms. The standard InChI is InChI=1S/C43H30F6O/c1-41(2)36-8-5-7-32(38(36)35-19-18-34-33-6-3-4-9-37(33)50-40(34)39(35)41)29-23-27(20-25-10-14-30(15-11-25)42(44,45)46)22-28(24-29)21-26-12-16-31(17-13-26)43(47,48)49/h3-19,22-24H,20-21H2,1-2H3. The molecule has 0 N–H and O–H groups in total. The first-order chi connectivity index (χ1) is 23.8. The number of furan rings is 1. The summed E-state index contributed by atoms with van der Waals surface area (Å²) in [4.78, 5) is 0. The highest BCUT2D eigenvalue weighted by molar-refractivity contribution is 6.10. The number of benzene rings is 6. The van der Waals surface area contributed by atoms with E-state index < -0.39 is 23.5 Å². The van der Waals surface area contributed by atoms with Crippen LogP contribution in [0.5, 0.6) is 0 Å². The lowest BCUT2D eigenvalue weighted by Crippen LogP contribution is -2.15. The van der Waals surface area contributed by atoms with Crippen LogP contribution in [0.3, 0.4) is 0 Å². The Morgan fingerprint density at radius 3 is 1.70 bits per heavy atom. The first-order valence-corrected chi connectivity index (χ1v) is 16.3. The van der Waals surface area contributed by atoms with Gasteiger partial charge in [-0.15, -0.1) is 0 Å². The van der Waals surface area contributed by atoms with E-state index in [0.29, 0.717) is 24.0 Å². The predicted molar refractivity (Wildman–Crippen MR) is 185 cm³/mol. The molecule has 0 saturated carbocycles. The fourth-order valence-electron chi connectivity index (χ4n) is 7.57. The van der Waals surface area contributed by atoms with Crippen molar-refractivity contribution in [3.63, 3.8) is 0 Å². The highest BCUT2D eigenvalue weighted by Crippen LogP contribution is 2.55. The van der Waals surface area contributed by atoms with Crippen LogP contribution >= 0.6 is 0 Å². The smallest absolute Gasteiger partial charge is 0.416 e. The van der Waals surface area contributed by atoms with Crippen LogP contribution in [0.15, 0.2) is 126 Å². The number of fused-ring (bicyclic) bond motifs is 7. The van der Waals surface area contributed by atoms with E-state index in [1.165, 1.54) is 24.3 Å². The minimum Gasteiger partial charge on any atom is -0.456 e. The molecule has 0 amide bonds. The molecular formula is C43H30F6O. The zero-order valence-electron chi connectivity index (χ0n) is 27.1.